The topological polar surface area (TPSA) is 123 Å². The Balaban J connectivity index is 1.37. The van der Waals surface area contributed by atoms with E-state index in [0.717, 1.165) is 28.3 Å². The average Bonchev–Trinajstić information content (AvgIpc) is 2.98. The minimum Gasteiger partial charge on any atom is -0.481 e. The summed E-state index contributed by atoms with van der Waals surface area (Å²) in [4.78, 5) is 42.5. The Hall–Kier alpha value is -4.37. The van der Waals surface area contributed by atoms with Crippen molar-refractivity contribution in [3.05, 3.63) is 82.6 Å². The highest BCUT2D eigenvalue weighted by molar-refractivity contribution is 6.30. The molecule has 0 aliphatic carbocycles. The van der Waals surface area contributed by atoms with Crippen LogP contribution >= 0.6 is 11.6 Å². The van der Waals surface area contributed by atoms with E-state index in [2.05, 4.69) is 9.88 Å². The normalized spacial score (nSPS) is 13.4. The lowest BCUT2D eigenvalue weighted by molar-refractivity contribution is -0.137. The lowest BCUT2D eigenvalue weighted by Crippen LogP contribution is -2.49. The second-order valence-electron chi connectivity index (χ2n) is 9.67. The smallest absolute Gasteiger partial charge is 0.303 e. The molecule has 1 saturated heterocycles. The molecule has 2 N–H and O–H groups in total. The molecule has 0 spiro atoms. The number of rotatable bonds is 9. The third-order valence-corrected chi connectivity index (χ3v) is 7.25. The molecule has 1 amide bonds. The summed E-state index contributed by atoms with van der Waals surface area (Å²) in [7, 11) is 0. The third kappa shape index (κ3) is 6.10. The molecule has 0 atom stereocenters. The summed E-state index contributed by atoms with van der Waals surface area (Å²) in [5.41, 5.74) is 4.97. The predicted octanol–water partition coefficient (Wildman–Crippen LogP) is 5.10. The molecule has 4 aromatic rings. The van der Waals surface area contributed by atoms with E-state index >= 15 is 0 Å². The number of amides is 1. The van der Waals surface area contributed by atoms with Gasteiger partial charge in [-0.2, -0.15) is 0 Å². The van der Waals surface area contributed by atoms with Crippen molar-refractivity contribution >= 4 is 46.5 Å². The maximum atomic E-state index is 13.4. The van der Waals surface area contributed by atoms with Gasteiger partial charge in [-0.3, -0.25) is 9.59 Å². The van der Waals surface area contributed by atoms with Crippen molar-refractivity contribution in [1.29, 1.82) is 5.41 Å². The van der Waals surface area contributed by atoms with E-state index in [1.807, 2.05) is 35.2 Å². The summed E-state index contributed by atoms with van der Waals surface area (Å²) in [5, 5.41) is 17.3. The van der Waals surface area contributed by atoms with Gasteiger partial charge in [0.15, 0.2) is 0 Å². The number of anilines is 1. The van der Waals surface area contributed by atoms with Gasteiger partial charge in [-0.15, -0.1) is 0 Å². The number of carbonyl (C=O) groups excluding carboxylic acids is 1. The van der Waals surface area contributed by atoms with Crippen molar-refractivity contribution < 1.29 is 14.7 Å². The Labute approximate surface area is 237 Å². The third-order valence-electron chi connectivity index (χ3n) is 6.99. The Bertz CT molecular complexity index is 1550. The SMILES string of the molecule is N=Cc1cccnc1N1CCN(C(=O)c2ccc3nc(-c4ccc(Cl)cc4)c(CCCCC(=O)O)nc3c2)CC1. The number of hydrogen-bond acceptors (Lipinski definition) is 7. The highest BCUT2D eigenvalue weighted by atomic mass is 35.5. The van der Waals surface area contributed by atoms with Gasteiger partial charge < -0.3 is 20.3 Å². The van der Waals surface area contributed by atoms with Crippen LogP contribution in [0.1, 0.15) is 40.9 Å². The Kier molecular flexibility index (Phi) is 8.31. The number of nitrogens with one attached hydrogen (secondary N) is 1. The first kappa shape index (κ1) is 27.2. The van der Waals surface area contributed by atoms with Crippen molar-refractivity contribution in [2.75, 3.05) is 31.1 Å². The molecule has 40 heavy (non-hydrogen) atoms. The van der Waals surface area contributed by atoms with Gasteiger partial charge in [-0.05, 0) is 61.7 Å². The number of aliphatic carboxylic acids is 1. The fourth-order valence-electron chi connectivity index (χ4n) is 4.90. The second-order valence-corrected chi connectivity index (χ2v) is 10.1. The first-order valence-electron chi connectivity index (χ1n) is 13.2. The Morgan fingerprint density at radius 1 is 0.975 bits per heavy atom. The largest absolute Gasteiger partial charge is 0.481 e. The van der Waals surface area contributed by atoms with Crippen LogP contribution in [0, 0.1) is 5.41 Å². The molecule has 3 heterocycles. The quantitative estimate of drug-likeness (QED) is 0.217. The van der Waals surface area contributed by atoms with E-state index in [4.69, 9.17) is 32.1 Å². The highest BCUT2D eigenvalue weighted by Gasteiger charge is 2.24. The molecule has 204 valence electrons. The number of halogens is 1. The molecule has 0 saturated carbocycles. The highest BCUT2D eigenvalue weighted by Crippen LogP contribution is 2.27. The van der Waals surface area contributed by atoms with E-state index in [9.17, 15) is 9.59 Å². The van der Waals surface area contributed by atoms with Crippen LogP contribution in [0.15, 0.2) is 60.8 Å². The number of aromatic nitrogens is 3. The van der Waals surface area contributed by atoms with Gasteiger partial charge in [0.05, 0.1) is 22.4 Å². The van der Waals surface area contributed by atoms with Crippen molar-refractivity contribution in [3.63, 3.8) is 0 Å². The van der Waals surface area contributed by atoms with Gasteiger partial charge in [0.25, 0.3) is 5.91 Å². The van der Waals surface area contributed by atoms with Crippen LogP contribution in [0.25, 0.3) is 22.3 Å². The van der Waals surface area contributed by atoms with Gasteiger partial charge >= 0.3 is 5.97 Å². The van der Waals surface area contributed by atoms with Crippen LogP contribution in [-0.2, 0) is 11.2 Å². The summed E-state index contributed by atoms with van der Waals surface area (Å²) >= 11 is 6.09. The summed E-state index contributed by atoms with van der Waals surface area (Å²) in [6, 6.07) is 16.5. The number of piperazine rings is 1. The lowest BCUT2D eigenvalue weighted by atomic mass is 10.0. The number of carboxylic acid groups (broad SMARTS) is 1. The fourth-order valence-corrected chi connectivity index (χ4v) is 5.02. The van der Waals surface area contributed by atoms with Crippen molar-refractivity contribution in [1.82, 2.24) is 19.9 Å². The zero-order chi connectivity index (χ0) is 28.1. The Morgan fingerprint density at radius 2 is 1.75 bits per heavy atom. The lowest BCUT2D eigenvalue weighted by Gasteiger charge is -2.36. The number of fused-ring (bicyclic) bond motifs is 1. The molecule has 1 fully saturated rings. The van der Waals surface area contributed by atoms with Crippen LogP contribution in [0.5, 0.6) is 0 Å². The minimum atomic E-state index is -0.818. The first-order valence-corrected chi connectivity index (χ1v) is 13.6. The standard InChI is InChI=1S/C30H29ClN6O3/c31-23-10-7-20(8-11-23)28-25(5-1-2-6-27(38)39)34-26-18-21(9-12-24(26)35-28)30(40)37-16-14-36(15-17-37)29-22(19-32)4-3-13-33-29/h3-4,7-13,18-19,32H,1-2,5-6,14-17H2,(H,38,39). The number of carbonyl (C=O) groups is 2. The summed E-state index contributed by atoms with van der Waals surface area (Å²) in [6.07, 6.45) is 4.89. The van der Waals surface area contributed by atoms with Gasteiger partial charge in [-0.1, -0.05) is 23.7 Å². The molecule has 1 aliphatic rings. The van der Waals surface area contributed by atoms with E-state index in [0.29, 0.717) is 67.1 Å². The van der Waals surface area contributed by atoms with Gasteiger partial charge in [0, 0.05) is 66.7 Å². The van der Waals surface area contributed by atoms with Crippen molar-refractivity contribution in [3.8, 4) is 11.3 Å². The summed E-state index contributed by atoms with van der Waals surface area (Å²) < 4.78 is 0. The number of pyridine rings is 1. The number of carboxylic acids is 1. The number of benzene rings is 2. The van der Waals surface area contributed by atoms with Crippen LogP contribution in [0.3, 0.4) is 0 Å². The van der Waals surface area contributed by atoms with Crippen LogP contribution in [0.4, 0.5) is 5.82 Å². The molecule has 0 unspecified atom stereocenters. The number of unbranched alkanes of at least 4 members (excludes halogenated alkanes) is 1. The molecular formula is C30H29ClN6O3. The zero-order valence-corrected chi connectivity index (χ0v) is 22.6. The molecule has 9 nitrogen and oxygen atoms in total. The van der Waals surface area contributed by atoms with E-state index in [-0.39, 0.29) is 12.3 Å². The molecule has 5 rings (SSSR count). The van der Waals surface area contributed by atoms with Crippen molar-refractivity contribution in [2.45, 2.75) is 25.7 Å². The first-order chi connectivity index (χ1) is 19.4. The van der Waals surface area contributed by atoms with Crippen LogP contribution in [0.2, 0.25) is 5.02 Å². The molecule has 0 bridgehead atoms. The van der Waals surface area contributed by atoms with Gasteiger partial charge in [-0.25, -0.2) is 15.0 Å². The van der Waals surface area contributed by atoms with E-state index in [1.54, 1.807) is 30.5 Å². The second kappa shape index (κ2) is 12.2. The number of hydrogen-bond donors (Lipinski definition) is 2. The molecule has 10 heteroatoms. The molecular weight excluding hydrogens is 528 g/mol. The molecule has 1 aliphatic heterocycles. The molecule has 0 radical (unpaired) electrons. The van der Waals surface area contributed by atoms with Crippen LogP contribution in [-0.4, -0.2) is 69.2 Å². The maximum absolute atomic E-state index is 13.4. The van der Waals surface area contributed by atoms with E-state index in [1.165, 1.54) is 6.21 Å². The van der Waals surface area contributed by atoms with Crippen molar-refractivity contribution in [2.24, 2.45) is 0 Å². The fraction of sp³-hybridized carbons (Fsp3) is 0.267. The Morgan fingerprint density at radius 3 is 2.48 bits per heavy atom. The predicted molar refractivity (Wildman–Crippen MR) is 155 cm³/mol. The maximum Gasteiger partial charge on any atom is 0.303 e. The van der Waals surface area contributed by atoms with Gasteiger partial charge in [0.1, 0.15) is 5.82 Å². The molecule has 2 aromatic carbocycles. The number of aryl methyl sites for hydroxylation is 1. The minimum absolute atomic E-state index is 0.0681. The monoisotopic (exact) mass is 556 g/mol. The summed E-state index contributed by atoms with van der Waals surface area (Å²) in [6.45, 7) is 2.34. The molecule has 2 aromatic heterocycles. The van der Waals surface area contributed by atoms with Gasteiger partial charge in [0.2, 0.25) is 0 Å². The zero-order valence-electron chi connectivity index (χ0n) is 21.9. The van der Waals surface area contributed by atoms with E-state index < -0.39 is 5.97 Å². The number of nitrogens with zero attached hydrogens (tertiary/aromatic N) is 5. The van der Waals surface area contributed by atoms with Crippen LogP contribution < -0.4 is 4.90 Å². The summed E-state index contributed by atoms with van der Waals surface area (Å²) in [5.74, 6) is -0.124. The average molecular weight is 557 g/mol.